The second kappa shape index (κ2) is 4.95. The predicted molar refractivity (Wildman–Crippen MR) is 89.6 cm³/mol. The first-order valence-corrected chi connectivity index (χ1v) is 7.40. The maximum atomic E-state index is 5.69. The zero-order valence-corrected chi connectivity index (χ0v) is 12.5. The summed E-state index contributed by atoms with van der Waals surface area (Å²) in [5, 5.41) is 1.20. The topological polar surface area (TPSA) is 34.2 Å². The van der Waals surface area contributed by atoms with E-state index >= 15 is 0 Å². The highest BCUT2D eigenvalue weighted by molar-refractivity contribution is 5.89. The Morgan fingerprint density at radius 2 is 1.86 bits per heavy atom. The Hall–Kier alpha value is -2.68. The second-order valence-corrected chi connectivity index (χ2v) is 5.54. The Morgan fingerprint density at radius 3 is 2.68 bits per heavy atom. The lowest BCUT2D eigenvalue weighted by Crippen LogP contribution is -2.15. The van der Waals surface area contributed by atoms with Crippen molar-refractivity contribution in [1.82, 2.24) is 4.98 Å². The molecular formula is C19H17NO2. The molecule has 0 bridgehead atoms. The minimum absolute atomic E-state index is 0.605. The van der Waals surface area contributed by atoms with Crippen LogP contribution in [0.15, 0.2) is 43.0 Å². The molecule has 0 fully saturated rings. The molecule has 3 heteroatoms. The van der Waals surface area contributed by atoms with Crippen molar-refractivity contribution in [3.8, 4) is 22.6 Å². The monoisotopic (exact) mass is 291 g/mol. The normalized spacial score (nSPS) is 13.3. The SMILES string of the molecule is C=Cc1cc2cc(C)c(-c3ccc4c(c3)OCCO4)cc2[nH]1. The molecule has 3 nitrogen and oxygen atoms in total. The van der Waals surface area contributed by atoms with Gasteiger partial charge in [0.1, 0.15) is 13.2 Å². The number of nitrogens with one attached hydrogen (secondary N) is 1. The fourth-order valence-corrected chi connectivity index (χ4v) is 2.95. The van der Waals surface area contributed by atoms with Gasteiger partial charge >= 0.3 is 0 Å². The molecule has 0 amide bonds. The van der Waals surface area contributed by atoms with Crippen LogP contribution in [0.3, 0.4) is 0 Å². The van der Waals surface area contributed by atoms with Crippen LogP contribution < -0.4 is 9.47 Å². The van der Waals surface area contributed by atoms with Gasteiger partial charge in [0.25, 0.3) is 0 Å². The van der Waals surface area contributed by atoms with Crippen molar-refractivity contribution in [3.05, 3.63) is 54.2 Å². The molecule has 1 aromatic heterocycles. The van der Waals surface area contributed by atoms with Gasteiger partial charge in [-0.1, -0.05) is 12.6 Å². The van der Waals surface area contributed by atoms with Crippen LogP contribution in [0.25, 0.3) is 28.1 Å². The summed E-state index contributed by atoms with van der Waals surface area (Å²) in [6.45, 7) is 7.17. The van der Waals surface area contributed by atoms with Crippen LogP contribution in [0, 0.1) is 6.92 Å². The van der Waals surface area contributed by atoms with Crippen molar-refractivity contribution in [2.24, 2.45) is 0 Å². The van der Waals surface area contributed by atoms with Gasteiger partial charge in [-0.15, -0.1) is 0 Å². The number of ether oxygens (including phenoxy) is 2. The van der Waals surface area contributed by atoms with Crippen LogP contribution in [-0.2, 0) is 0 Å². The van der Waals surface area contributed by atoms with E-state index in [4.69, 9.17) is 9.47 Å². The average Bonchev–Trinajstić information content (AvgIpc) is 2.95. The third-order valence-electron chi connectivity index (χ3n) is 4.06. The zero-order valence-electron chi connectivity index (χ0n) is 12.5. The minimum Gasteiger partial charge on any atom is -0.486 e. The maximum Gasteiger partial charge on any atom is 0.161 e. The summed E-state index contributed by atoms with van der Waals surface area (Å²) in [7, 11) is 0. The first-order chi connectivity index (χ1) is 10.7. The van der Waals surface area contributed by atoms with Crippen LogP contribution in [0.5, 0.6) is 11.5 Å². The summed E-state index contributed by atoms with van der Waals surface area (Å²) in [5.41, 5.74) is 5.72. The number of H-pyrrole nitrogens is 1. The third kappa shape index (κ3) is 2.06. The molecule has 0 saturated carbocycles. The third-order valence-corrected chi connectivity index (χ3v) is 4.06. The van der Waals surface area contributed by atoms with E-state index in [2.05, 4.69) is 48.8 Å². The Kier molecular flexibility index (Phi) is 2.93. The molecule has 22 heavy (non-hydrogen) atoms. The predicted octanol–water partition coefficient (Wildman–Crippen LogP) is 4.56. The molecular weight excluding hydrogens is 274 g/mol. The van der Waals surface area contributed by atoms with Crippen molar-refractivity contribution in [3.63, 3.8) is 0 Å². The fourth-order valence-electron chi connectivity index (χ4n) is 2.95. The fraction of sp³-hybridized carbons (Fsp3) is 0.158. The van der Waals surface area contributed by atoms with Crippen LogP contribution in [0.2, 0.25) is 0 Å². The van der Waals surface area contributed by atoms with Gasteiger partial charge in [0.2, 0.25) is 0 Å². The van der Waals surface area contributed by atoms with Gasteiger partial charge in [0.15, 0.2) is 11.5 Å². The summed E-state index contributed by atoms with van der Waals surface area (Å²) in [6, 6.07) is 12.6. The van der Waals surface area contributed by atoms with E-state index in [-0.39, 0.29) is 0 Å². The van der Waals surface area contributed by atoms with Gasteiger partial charge in [-0.2, -0.15) is 0 Å². The van der Waals surface area contributed by atoms with E-state index in [1.165, 1.54) is 16.5 Å². The summed E-state index contributed by atoms with van der Waals surface area (Å²) in [6.07, 6.45) is 1.83. The largest absolute Gasteiger partial charge is 0.486 e. The van der Waals surface area contributed by atoms with Crippen LogP contribution in [0.1, 0.15) is 11.3 Å². The molecule has 0 radical (unpaired) electrons. The number of hydrogen-bond acceptors (Lipinski definition) is 2. The lowest BCUT2D eigenvalue weighted by molar-refractivity contribution is 0.171. The van der Waals surface area contributed by atoms with Crippen LogP contribution in [-0.4, -0.2) is 18.2 Å². The lowest BCUT2D eigenvalue weighted by Gasteiger charge is -2.19. The summed E-state index contributed by atoms with van der Waals surface area (Å²) in [4.78, 5) is 3.37. The van der Waals surface area contributed by atoms with E-state index < -0.39 is 0 Å². The Balaban J connectivity index is 1.86. The average molecular weight is 291 g/mol. The molecule has 0 aliphatic carbocycles. The van der Waals surface area contributed by atoms with E-state index in [0.717, 1.165) is 28.3 Å². The quantitative estimate of drug-likeness (QED) is 0.751. The maximum absolute atomic E-state index is 5.69. The minimum atomic E-state index is 0.605. The number of aromatic nitrogens is 1. The van der Waals surface area contributed by atoms with E-state index in [9.17, 15) is 0 Å². The van der Waals surface area contributed by atoms with Crippen molar-refractivity contribution in [1.29, 1.82) is 0 Å². The number of aromatic amines is 1. The highest BCUT2D eigenvalue weighted by Gasteiger charge is 2.14. The molecule has 1 N–H and O–H groups in total. The number of fused-ring (bicyclic) bond motifs is 2. The molecule has 0 atom stereocenters. The molecule has 0 saturated heterocycles. The molecule has 0 spiro atoms. The Morgan fingerprint density at radius 1 is 1.05 bits per heavy atom. The smallest absolute Gasteiger partial charge is 0.161 e. The first-order valence-electron chi connectivity index (χ1n) is 7.40. The summed E-state index contributed by atoms with van der Waals surface area (Å²) >= 11 is 0. The van der Waals surface area contributed by atoms with E-state index in [0.29, 0.717) is 13.2 Å². The molecule has 2 heterocycles. The lowest BCUT2D eigenvalue weighted by atomic mass is 9.98. The Bertz CT molecular complexity index is 877. The molecule has 4 rings (SSSR count). The second-order valence-electron chi connectivity index (χ2n) is 5.54. The highest BCUT2D eigenvalue weighted by atomic mass is 16.6. The Labute approximate surface area is 129 Å². The summed E-state index contributed by atoms with van der Waals surface area (Å²) < 4.78 is 11.3. The number of hydrogen-bond donors (Lipinski definition) is 1. The van der Waals surface area contributed by atoms with Crippen molar-refractivity contribution in [2.45, 2.75) is 6.92 Å². The van der Waals surface area contributed by atoms with Crippen LogP contribution >= 0.6 is 0 Å². The van der Waals surface area contributed by atoms with Gasteiger partial charge in [-0.3, -0.25) is 0 Å². The molecule has 2 aromatic carbocycles. The van der Waals surface area contributed by atoms with Gasteiger partial charge in [-0.05, 0) is 60.0 Å². The van der Waals surface area contributed by atoms with Gasteiger partial charge in [-0.25, -0.2) is 0 Å². The highest BCUT2D eigenvalue weighted by Crippen LogP contribution is 2.36. The number of benzene rings is 2. The van der Waals surface area contributed by atoms with E-state index in [1.54, 1.807) is 0 Å². The van der Waals surface area contributed by atoms with Crippen molar-refractivity contribution in [2.75, 3.05) is 13.2 Å². The molecule has 3 aromatic rings. The van der Waals surface area contributed by atoms with Gasteiger partial charge in [0, 0.05) is 16.6 Å². The van der Waals surface area contributed by atoms with E-state index in [1.807, 2.05) is 12.1 Å². The zero-order chi connectivity index (χ0) is 15.1. The standard InChI is InChI=1S/C19H17NO2/c1-3-15-9-14-8-12(2)16(11-17(14)20-15)13-4-5-18-19(10-13)22-7-6-21-18/h3-5,8-11,20H,1,6-7H2,2H3. The van der Waals surface area contributed by atoms with Crippen molar-refractivity contribution < 1.29 is 9.47 Å². The number of rotatable bonds is 2. The number of aryl methyl sites for hydroxylation is 1. The first kappa shape index (κ1) is 13.0. The van der Waals surface area contributed by atoms with Crippen LogP contribution in [0.4, 0.5) is 0 Å². The van der Waals surface area contributed by atoms with Gasteiger partial charge in [0.05, 0.1) is 0 Å². The van der Waals surface area contributed by atoms with Crippen molar-refractivity contribution >= 4 is 17.0 Å². The molecule has 1 aliphatic heterocycles. The molecule has 1 aliphatic rings. The molecule has 110 valence electrons. The molecule has 0 unspecified atom stereocenters. The van der Waals surface area contributed by atoms with Gasteiger partial charge < -0.3 is 14.5 Å². The summed E-state index contributed by atoms with van der Waals surface area (Å²) in [5.74, 6) is 1.64.